The van der Waals surface area contributed by atoms with E-state index in [4.69, 9.17) is 9.47 Å². The summed E-state index contributed by atoms with van der Waals surface area (Å²) in [5.41, 5.74) is 1.98. The molecular formula is C22H28BrNO3. The van der Waals surface area contributed by atoms with Crippen LogP contribution in [0.5, 0.6) is 11.5 Å². The van der Waals surface area contributed by atoms with Crippen molar-refractivity contribution in [3.8, 4) is 11.5 Å². The summed E-state index contributed by atoms with van der Waals surface area (Å²) in [6.07, 6.45) is 2.13. The molecule has 1 amide bonds. The lowest BCUT2D eigenvalue weighted by molar-refractivity contribution is -0.118. The second-order valence-electron chi connectivity index (χ2n) is 7.46. The van der Waals surface area contributed by atoms with Crippen LogP contribution in [0.2, 0.25) is 0 Å². The maximum absolute atomic E-state index is 12.1. The summed E-state index contributed by atoms with van der Waals surface area (Å²) in [7, 11) is 0. The fourth-order valence-electron chi connectivity index (χ4n) is 2.39. The van der Waals surface area contributed by atoms with E-state index in [9.17, 15) is 4.79 Å². The van der Waals surface area contributed by atoms with Gasteiger partial charge in [0, 0.05) is 5.69 Å². The lowest BCUT2D eigenvalue weighted by Gasteiger charge is -2.20. The zero-order valence-electron chi connectivity index (χ0n) is 16.5. The number of hydrogen-bond acceptors (Lipinski definition) is 3. The standard InChI is InChI=1S/C22H28BrNO3/c1-5-6-13-26-18-10-8-17(9-11-18)24-21(25)15-27-20-12-7-16(14-19(20)23)22(2,3)4/h7-12,14H,5-6,13,15H2,1-4H3,(H,24,25). The first-order chi connectivity index (χ1) is 12.8. The molecule has 2 aromatic rings. The molecule has 0 aliphatic rings. The van der Waals surface area contributed by atoms with Crippen molar-refractivity contribution in [2.24, 2.45) is 0 Å². The first kappa shape index (κ1) is 21.3. The molecule has 4 nitrogen and oxygen atoms in total. The molecule has 2 aromatic carbocycles. The van der Waals surface area contributed by atoms with Gasteiger partial charge in [0.05, 0.1) is 11.1 Å². The van der Waals surface area contributed by atoms with E-state index in [1.165, 1.54) is 5.56 Å². The normalized spacial score (nSPS) is 11.1. The SMILES string of the molecule is CCCCOc1ccc(NC(=O)COc2ccc(C(C)(C)C)cc2Br)cc1. The summed E-state index contributed by atoms with van der Waals surface area (Å²) < 4.78 is 12.1. The van der Waals surface area contributed by atoms with Gasteiger partial charge in [-0.2, -0.15) is 0 Å². The maximum atomic E-state index is 12.1. The summed E-state index contributed by atoms with van der Waals surface area (Å²) in [4.78, 5) is 12.1. The predicted molar refractivity (Wildman–Crippen MR) is 114 cm³/mol. The summed E-state index contributed by atoms with van der Waals surface area (Å²) in [5, 5.41) is 2.83. The quantitative estimate of drug-likeness (QED) is 0.523. The van der Waals surface area contributed by atoms with Crippen molar-refractivity contribution in [3.05, 3.63) is 52.5 Å². The van der Waals surface area contributed by atoms with E-state index < -0.39 is 0 Å². The Kier molecular flexibility index (Phi) is 7.72. The van der Waals surface area contributed by atoms with Crippen LogP contribution >= 0.6 is 15.9 Å². The number of carbonyl (C=O) groups is 1. The number of rotatable bonds is 8. The highest BCUT2D eigenvalue weighted by atomic mass is 79.9. The Morgan fingerprint density at radius 3 is 2.37 bits per heavy atom. The Morgan fingerprint density at radius 2 is 1.78 bits per heavy atom. The summed E-state index contributed by atoms with van der Waals surface area (Å²) >= 11 is 3.52. The average Bonchev–Trinajstić information content (AvgIpc) is 2.61. The van der Waals surface area contributed by atoms with E-state index in [2.05, 4.69) is 48.9 Å². The molecule has 0 radical (unpaired) electrons. The van der Waals surface area contributed by atoms with Gasteiger partial charge in [-0.15, -0.1) is 0 Å². The number of nitrogens with one attached hydrogen (secondary N) is 1. The van der Waals surface area contributed by atoms with E-state index in [1.54, 1.807) is 0 Å². The number of amides is 1. The molecule has 0 aliphatic heterocycles. The third kappa shape index (κ3) is 6.90. The van der Waals surface area contributed by atoms with E-state index in [0.717, 1.165) is 23.1 Å². The van der Waals surface area contributed by atoms with Gasteiger partial charge < -0.3 is 14.8 Å². The van der Waals surface area contributed by atoms with Crippen LogP contribution in [0.25, 0.3) is 0 Å². The van der Waals surface area contributed by atoms with Gasteiger partial charge in [-0.05, 0) is 69.7 Å². The second-order valence-corrected chi connectivity index (χ2v) is 8.31. The van der Waals surface area contributed by atoms with Crippen LogP contribution in [0.4, 0.5) is 5.69 Å². The topological polar surface area (TPSA) is 47.6 Å². The largest absolute Gasteiger partial charge is 0.494 e. The fraction of sp³-hybridized carbons (Fsp3) is 0.409. The van der Waals surface area contributed by atoms with Crippen LogP contribution in [-0.2, 0) is 10.2 Å². The third-order valence-corrected chi connectivity index (χ3v) is 4.68. The Hall–Kier alpha value is -2.01. The third-order valence-electron chi connectivity index (χ3n) is 4.06. The molecule has 0 unspecified atom stereocenters. The molecule has 5 heteroatoms. The monoisotopic (exact) mass is 433 g/mol. The van der Waals surface area contributed by atoms with Gasteiger partial charge in [-0.3, -0.25) is 4.79 Å². The lowest BCUT2D eigenvalue weighted by atomic mass is 9.87. The Morgan fingerprint density at radius 1 is 1.07 bits per heavy atom. The van der Waals surface area contributed by atoms with E-state index in [0.29, 0.717) is 18.0 Å². The summed E-state index contributed by atoms with van der Waals surface area (Å²) in [6, 6.07) is 13.3. The van der Waals surface area contributed by atoms with Gasteiger partial charge in [0.1, 0.15) is 11.5 Å². The molecule has 0 saturated carbocycles. The fourth-order valence-corrected chi connectivity index (χ4v) is 2.89. The molecule has 27 heavy (non-hydrogen) atoms. The zero-order chi connectivity index (χ0) is 19.9. The number of ether oxygens (including phenoxy) is 2. The predicted octanol–water partition coefficient (Wildman–Crippen LogP) is 5.94. The van der Waals surface area contributed by atoms with Crippen LogP contribution in [0, 0.1) is 0 Å². The van der Waals surface area contributed by atoms with Crippen molar-refractivity contribution in [3.63, 3.8) is 0 Å². The molecule has 0 fully saturated rings. The van der Waals surface area contributed by atoms with Gasteiger partial charge in [0.15, 0.2) is 6.61 Å². The molecular weight excluding hydrogens is 406 g/mol. The van der Waals surface area contributed by atoms with Crippen molar-refractivity contribution in [1.29, 1.82) is 0 Å². The zero-order valence-corrected chi connectivity index (χ0v) is 18.1. The minimum atomic E-state index is -0.207. The summed E-state index contributed by atoms with van der Waals surface area (Å²) in [5.74, 6) is 1.25. The molecule has 0 aromatic heterocycles. The molecule has 2 rings (SSSR count). The van der Waals surface area contributed by atoms with Crippen molar-refractivity contribution in [1.82, 2.24) is 0 Å². The molecule has 0 atom stereocenters. The highest BCUT2D eigenvalue weighted by Gasteiger charge is 2.15. The maximum Gasteiger partial charge on any atom is 0.262 e. The van der Waals surface area contributed by atoms with Gasteiger partial charge in [-0.1, -0.05) is 40.2 Å². The average molecular weight is 434 g/mol. The molecule has 1 N–H and O–H groups in total. The van der Waals surface area contributed by atoms with Gasteiger partial charge in [0.25, 0.3) is 5.91 Å². The smallest absolute Gasteiger partial charge is 0.262 e. The van der Waals surface area contributed by atoms with E-state index in [1.807, 2.05) is 42.5 Å². The minimum Gasteiger partial charge on any atom is -0.494 e. The first-order valence-corrected chi connectivity index (χ1v) is 10.0. The van der Waals surface area contributed by atoms with Gasteiger partial charge in [-0.25, -0.2) is 0 Å². The van der Waals surface area contributed by atoms with Crippen LogP contribution in [0.15, 0.2) is 46.9 Å². The van der Waals surface area contributed by atoms with Crippen molar-refractivity contribution < 1.29 is 14.3 Å². The first-order valence-electron chi connectivity index (χ1n) is 9.25. The van der Waals surface area contributed by atoms with Crippen LogP contribution in [0.3, 0.4) is 0 Å². The Labute approximate surface area is 170 Å². The van der Waals surface area contributed by atoms with Crippen molar-refractivity contribution in [2.45, 2.75) is 46.0 Å². The number of carbonyl (C=O) groups excluding carboxylic acids is 1. The van der Waals surface area contributed by atoms with Crippen LogP contribution in [-0.4, -0.2) is 19.1 Å². The second kappa shape index (κ2) is 9.79. The summed E-state index contributed by atoms with van der Waals surface area (Å²) in [6.45, 7) is 9.25. The molecule has 0 bridgehead atoms. The molecule has 0 aliphatic carbocycles. The Balaban J connectivity index is 1.85. The molecule has 0 heterocycles. The van der Waals surface area contributed by atoms with Gasteiger partial charge >= 0.3 is 0 Å². The number of benzene rings is 2. The Bertz CT molecular complexity index is 751. The van der Waals surface area contributed by atoms with Crippen LogP contribution < -0.4 is 14.8 Å². The van der Waals surface area contributed by atoms with Crippen molar-refractivity contribution in [2.75, 3.05) is 18.5 Å². The van der Waals surface area contributed by atoms with E-state index >= 15 is 0 Å². The minimum absolute atomic E-state index is 0.0534. The van der Waals surface area contributed by atoms with Crippen LogP contribution in [0.1, 0.15) is 46.1 Å². The lowest BCUT2D eigenvalue weighted by Crippen LogP contribution is -2.20. The molecule has 0 saturated heterocycles. The highest BCUT2D eigenvalue weighted by Crippen LogP contribution is 2.31. The highest BCUT2D eigenvalue weighted by molar-refractivity contribution is 9.10. The van der Waals surface area contributed by atoms with Gasteiger partial charge in [0.2, 0.25) is 0 Å². The number of halogens is 1. The number of unbranched alkanes of at least 4 members (excludes halogenated alkanes) is 1. The number of hydrogen-bond donors (Lipinski definition) is 1. The van der Waals surface area contributed by atoms with Crippen molar-refractivity contribution >= 4 is 27.5 Å². The molecule has 146 valence electrons. The van der Waals surface area contributed by atoms with E-state index in [-0.39, 0.29) is 17.9 Å². The number of anilines is 1. The molecule has 0 spiro atoms.